The standard InChI is InChI=1S/C14H20O4/c1-3-7-17-8-12-6-4-5-11(2)13(12)9-18-10-14(15)16/h4-6H,3,7-10H2,1-2H3,(H,15,16). The summed E-state index contributed by atoms with van der Waals surface area (Å²) < 4.78 is 10.7. The topological polar surface area (TPSA) is 55.8 Å². The Morgan fingerprint density at radius 2 is 2.06 bits per heavy atom. The molecule has 4 heteroatoms. The van der Waals surface area contributed by atoms with Gasteiger partial charge in [0, 0.05) is 6.61 Å². The van der Waals surface area contributed by atoms with Gasteiger partial charge in [0.1, 0.15) is 6.61 Å². The van der Waals surface area contributed by atoms with Crippen LogP contribution in [0.25, 0.3) is 0 Å². The summed E-state index contributed by atoms with van der Waals surface area (Å²) in [4.78, 5) is 10.4. The zero-order valence-electron chi connectivity index (χ0n) is 10.9. The molecule has 1 aromatic carbocycles. The third-order valence-electron chi connectivity index (χ3n) is 2.59. The largest absolute Gasteiger partial charge is 0.480 e. The van der Waals surface area contributed by atoms with Crippen LogP contribution in [0.1, 0.15) is 30.0 Å². The minimum absolute atomic E-state index is 0.274. The van der Waals surface area contributed by atoms with Crippen molar-refractivity contribution in [2.45, 2.75) is 33.5 Å². The summed E-state index contributed by atoms with van der Waals surface area (Å²) in [6.45, 7) is 5.36. The van der Waals surface area contributed by atoms with Crippen LogP contribution in [0.3, 0.4) is 0 Å². The highest BCUT2D eigenvalue weighted by Crippen LogP contribution is 2.16. The summed E-state index contributed by atoms with van der Waals surface area (Å²) in [7, 11) is 0. The Morgan fingerprint density at radius 1 is 1.28 bits per heavy atom. The van der Waals surface area contributed by atoms with Crippen LogP contribution in [-0.2, 0) is 27.5 Å². The second-order valence-electron chi connectivity index (χ2n) is 4.15. The quantitative estimate of drug-likeness (QED) is 0.722. The third-order valence-corrected chi connectivity index (χ3v) is 2.59. The summed E-state index contributed by atoms with van der Waals surface area (Å²) >= 11 is 0. The van der Waals surface area contributed by atoms with Crippen molar-refractivity contribution in [2.24, 2.45) is 0 Å². The number of aryl methyl sites for hydroxylation is 1. The molecule has 100 valence electrons. The van der Waals surface area contributed by atoms with Crippen LogP contribution in [0.4, 0.5) is 0 Å². The minimum Gasteiger partial charge on any atom is -0.480 e. The fraction of sp³-hybridized carbons (Fsp3) is 0.500. The molecule has 0 atom stereocenters. The number of carboxylic acids is 1. The summed E-state index contributed by atoms with van der Waals surface area (Å²) in [5.41, 5.74) is 3.18. The van der Waals surface area contributed by atoms with Crippen molar-refractivity contribution in [3.05, 3.63) is 34.9 Å². The van der Waals surface area contributed by atoms with Crippen LogP contribution in [0, 0.1) is 6.92 Å². The molecule has 0 heterocycles. The fourth-order valence-corrected chi connectivity index (χ4v) is 1.67. The van der Waals surface area contributed by atoms with Crippen LogP contribution < -0.4 is 0 Å². The molecule has 0 unspecified atom stereocenters. The van der Waals surface area contributed by atoms with Gasteiger partial charge in [-0.05, 0) is 30.0 Å². The van der Waals surface area contributed by atoms with E-state index >= 15 is 0 Å². The molecule has 0 bridgehead atoms. The summed E-state index contributed by atoms with van der Waals surface area (Å²) in [5, 5.41) is 8.55. The van der Waals surface area contributed by atoms with E-state index in [1.54, 1.807) is 0 Å². The van der Waals surface area contributed by atoms with E-state index in [9.17, 15) is 4.79 Å². The number of hydrogen-bond acceptors (Lipinski definition) is 3. The Kier molecular flexibility index (Phi) is 6.39. The molecule has 1 rings (SSSR count). The maximum absolute atomic E-state index is 10.4. The number of benzene rings is 1. The normalized spacial score (nSPS) is 10.6. The zero-order valence-corrected chi connectivity index (χ0v) is 10.9. The van der Waals surface area contributed by atoms with E-state index in [-0.39, 0.29) is 6.61 Å². The van der Waals surface area contributed by atoms with E-state index in [1.807, 2.05) is 25.1 Å². The lowest BCUT2D eigenvalue weighted by atomic mass is 10.0. The van der Waals surface area contributed by atoms with Gasteiger partial charge >= 0.3 is 5.97 Å². The Bertz CT molecular complexity index is 387. The molecule has 4 nitrogen and oxygen atoms in total. The van der Waals surface area contributed by atoms with Crippen LogP contribution in [-0.4, -0.2) is 24.3 Å². The van der Waals surface area contributed by atoms with Crippen molar-refractivity contribution < 1.29 is 19.4 Å². The third kappa shape index (κ3) is 4.85. The van der Waals surface area contributed by atoms with Gasteiger partial charge < -0.3 is 14.6 Å². The van der Waals surface area contributed by atoms with Gasteiger partial charge in [0.25, 0.3) is 0 Å². The Labute approximate surface area is 108 Å². The summed E-state index contributed by atoms with van der Waals surface area (Å²) in [6.07, 6.45) is 0.983. The van der Waals surface area contributed by atoms with Crippen molar-refractivity contribution in [3.8, 4) is 0 Å². The monoisotopic (exact) mass is 252 g/mol. The van der Waals surface area contributed by atoms with Crippen LogP contribution >= 0.6 is 0 Å². The van der Waals surface area contributed by atoms with Crippen molar-refractivity contribution in [2.75, 3.05) is 13.2 Å². The van der Waals surface area contributed by atoms with Gasteiger partial charge in [0.2, 0.25) is 0 Å². The number of aliphatic carboxylic acids is 1. The van der Waals surface area contributed by atoms with E-state index < -0.39 is 5.97 Å². The molecule has 1 aromatic rings. The first-order valence-electron chi connectivity index (χ1n) is 6.09. The molecule has 0 radical (unpaired) electrons. The number of hydrogen-bond donors (Lipinski definition) is 1. The lowest BCUT2D eigenvalue weighted by molar-refractivity contribution is -0.142. The maximum atomic E-state index is 10.4. The van der Waals surface area contributed by atoms with Crippen LogP contribution in [0.5, 0.6) is 0 Å². The highest BCUT2D eigenvalue weighted by atomic mass is 16.5. The molecular formula is C14H20O4. The lowest BCUT2D eigenvalue weighted by Gasteiger charge is -2.12. The van der Waals surface area contributed by atoms with Gasteiger partial charge in [-0.3, -0.25) is 0 Å². The zero-order chi connectivity index (χ0) is 13.4. The average molecular weight is 252 g/mol. The molecular weight excluding hydrogens is 232 g/mol. The van der Waals surface area contributed by atoms with Gasteiger partial charge in [-0.2, -0.15) is 0 Å². The lowest BCUT2D eigenvalue weighted by Crippen LogP contribution is -2.09. The molecule has 0 amide bonds. The molecule has 18 heavy (non-hydrogen) atoms. The van der Waals surface area contributed by atoms with Crippen molar-refractivity contribution in [1.29, 1.82) is 0 Å². The van der Waals surface area contributed by atoms with Gasteiger partial charge in [-0.15, -0.1) is 0 Å². The fourth-order valence-electron chi connectivity index (χ4n) is 1.67. The molecule has 1 N–H and O–H groups in total. The average Bonchev–Trinajstić information content (AvgIpc) is 2.32. The Morgan fingerprint density at radius 3 is 2.72 bits per heavy atom. The van der Waals surface area contributed by atoms with Gasteiger partial charge in [-0.1, -0.05) is 25.1 Å². The van der Waals surface area contributed by atoms with Crippen LogP contribution in [0.15, 0.2) is 18.2 Å². The van der Waals surface area contributed by atoms with Crippen molar-refractivity contribution >= 4 is 5.97 Å². The van der Waals surface area contributed by atoms with E-state index in [1.165, 1.54) is 0 Å². The molecule has 0 fully saturated rings. The van der Waals surface area contributed by atoms with Gasteiger partial charge in [0.05, 0.1) is 13.2 Å². The first kappa shape index (κ1) is 14.7. The highest BCUT2D eigenvalue weighted by Gasteiger charge is 2.07. The molecule has 0 spiro atoms. The predicted octanol–water partition coefficient (Wildman–Crippen LogP) is 2.52. The molecule has 0 saturated heterocycles. The second-order valence-corrected chi connectivity index (χ2v) is 4.15. The SMILES string of the molecule is CCCOCc1cccc(C)c1COCC(=O)O. The van der Waals surface area contributed by atoms with Gasteiger partial charge in [-0.25, -0.2) is 4.79 Å². The first-order chi connectivity index (χ1) is 8.65. The highest BCUT2D eigenvalue weighted by molar-refractivity contribution is 5.68. The minimum atomic E-state index is -0.952. The summed E-state index contributed by atoms with van der Waals surface area (Å²) in [6, 6.07) is 5.95. The first-order valence-corrected chi connectivity index (χ1v) is 6.09. The van der Waals surface area contributed by atoms with E-state index in [0.29, 0.717) is 13.2 Å². The van der Waals surface area contributed by atoms with Crippen LogP contribution in [0.2, 0.25) is 0 Å². The van der Waals surface area contributed by atoms with E-state index in [0.717, 1.165) is 29.7 Å². The molecule has 0 aromatic heterocycles. The number of carbonyl (C=O) groups is 1. The molecule has 0 aliphatic carbocycles. The smallest absolute Gasteiger partial charge is 0.329 e. The maximum Gasteiger partial charge on any atom is 0.329 e. The summed E-state index contributed by atoms with van der Waals surface area (Å²) in [5.74, 6) is -0.952. The Balaban J connectivity index is 2.64. The van der Waals surface area contributed by atoms with E-state index in [2.05, 4.69) is 6.92 Å². The second kappa shape index (κ2) is 7.84. The van der Waals surface area contributed by atoms with Crippen molar-refractivity contribution in [1.82, 2.24) is 0 Å². The molecule has 0 aliphatic rings. The number of rotatable bonds is 8. The predicted molar refractivity (Wildman–Crippen MR) is 68.4 cm³/mol. The molecule has 0 aliphatic heterocycles. The van der Waals surface area contributed by atoms with E-state index in [4.69, 9.17) is 14.6 Å². The molecule has 0 saturated carbocycles. The van der Waals surface area contributed by atoms with Crippen molar-refractivity contribution in [3.63, 3.8) is 0 Å². The Hall–Kier alpha value is -1.39. The number of ether oxygens (including phenoxy) is 2. The van der Waals surface area contributed by atoms with Gasteiger partial charge in [0.15, 0.2) is 0 Å². The number of carboxylic acid groups (broad SMARTS) is 1.